The van der Waals surface area contributed by atoms with Crippen molar-refractivity contribution in [1.82, 2.24) is 9.80 Å². The van der Waals surface area contributed by atoms with Gasteiger partial charge in [0.05, 0.1) is 0 Å². The van der Waals surface area contributed by atoms with Gasteiger partial charge in [0.15, 0.2) is 0 Å². The van der Waals surface area contributed by atoms with Crippen molar-refractivity contribution in [3.8, 4) is 6.07 Å². The molecule has 0 saturated carbocycles. The van der Waals surface area contributed by atoms with Crippen molar-refractivity contribution in [2.75, 3.05) is 20.1 Å². The van der Waals surface area contributed by atoms with Crippen LogP contribution >= 0.6 is 0 Å². The quantitative estimate of drug-likeness (QED) is 0.432. The summed E-state index contributed by atoms with van der Waals surface area (Å²) < 4.78 is 0. The zero-order valence-electron chi connectivity index (χ0n) is 8.23. The third-order valence-corrected chi connectivity index (χ3v) is 3.24. The highest BCUT2D eigenvalue weighted by Crippen LogP contribution is 2.30. The number of nitriles is 1. The molecular formula is C10H13N3O. The maximum atomic E-state index is 11.6. The molecular weight excluding hydrogens is 178 g/mol. The number of piperazine rings is 1. The molecule has 0 aromatic heterocycles. The van der Waals surface area contributed by atoms with Gasteiger partial charge in [0, 0.05) is 25.2 Å². The maximum Gasteiger partial charge on any atom is 0.263 e. The van der Waals surface area contributed by atoms with Crippen LogP contribution in [-0.4, -0.2) is 47.9 Å². The van der Waals surface area contributed by atoms with Crippen LogP contribution in [0.5, 0.6) is 0 Å². The van der Waals surface area contributed by atoms with Crippen molar-refractivity contribution >= 4 is 5.91 Å². The molecule has 3 heterocycles. The first-order valence-electron chi connectivity index (χ1n) is 4.73. The average molecular weight is 191 g/mol. The third-order valence-electron chi connectivity index (χ3n) is 3.24. The zero-order valence-corrected chi connectivity index (χ0v) is 8.23. The molecule has 3 saturated heterocycles. The molecule has 3 aliphatic heterocycles. The summed E-state index contributed by atoms with van der Waals surface area (Å²) in [6.07, 6.45) is 1.18. The summed E-state index contributed by atoms with van der Waals surface area (Å²) in [5.74, 6) is -0.199. The molecule has 0 aliphatic carbocycles. The van der Waals surface area contributed by atoms with Crippen molar-refractivity contribution in [1.29, 1.82) is 5.26 Å². The van der Waals surface area contributed by atoms with Crippen molar-refractivity contribution < 1.29 is 4.79 Å². The standard InChI is InChI=1S/C10H13N3O/c1-7(4-11)10(14)13-5-8-3-9(6-13)12(8)2/h8-9H,1,3,5-6H2,2H3. The van der Waals surface area contributed by atoms with Crippen molar-refractivity contribution in [2.45, 2.75) is 18.5 Å². The molecule has 74 valence electrons. The molecule has 2 unspecified atom stereocenters. The summed E-state index contributed by atoms with van der Waals surface area (Å²) >= 11 is 0. The Bertz CT molecular complexity index is 319. The topological polar surface area (TPSA) is 47.3 Å². The normalized spacial score (nSPS) is 30.4. The fraction of sp³-hybridized carbons (Fsp3) is 0.600. The number of hydrogen-bond donors (Lipinski definition) is 0. The average Bonchev–Trinajstić information content (AvgIpc) is 2.26. The van der Waals surface area contributed by atoms with Crippen molar-refractivity contribution in [3.05, 3.63) is 12.2 Å². The highest BCUT2D eigenvalue weighted by Gasteiger charge is 2.43. The number of likely N-dealkylation sites (N-methyl/N-ethyl adjacent to an activating group) is 1. The van der Waals surface area contributed by atoms with Gasteiger partial charge in [-0.25, -0.2) is 0 Å². The second-order valence-electron chi connectivity index (χ2n) is 4.01. The number of piperidine rings is 1. The Morgan fingerprint density at radius 2 is 2.07 bits per heavy atom. The molecule has 0 radical (unpaired) electrons. The predicted molar refractivity (Wildman–Crippen MR) is 51.3 cm³/mol. The lowest BCUT2D eigenvalue weighted by Gasteiger charge is -2.54. The van der Waals surface area contributed by atoms with Gasteiger partial charge in [-0.3, -0.25) is 9.69 Å². The molecule has 1 amide bonds. The first kappa shape index (κ1) is 9.22. The molecule has 3 aliphatic rings. The first-order valence-corrected chi connectivity index (χ1v) is 4.73. The number of carbonyl (C=O) groups is 1. The Labute approximate surface area is 83.4 Å². The van der Waals surface area contributed by atoms with E-state index in [0.29, 0.717) is 12.1 Å². The highest BCUT2D eigenvalue weighted by molar-refractivity contribution is 5.96. The fourth-order valence-corrected chi connectivity index (χ4v) is 2.20. The monoisotopic (exact) mass is 191 g/mol. The van der Waals surface area contributed by atoms with Gasteiger partial charge in [0.25, 0.3) is 5.91 Å². The van der Waals surface area contributed by atoms with Gasteiger partial charge in [-0.15, -0.1) is 0 Å². The predicted octanol–water partition coefficient (Wildman–Crippen LogP) is -0.0189. The number of carbonyl (C=O) groups excluding carboxylic acids is 1. The van der Waals surface area contributed by atoms with Gasteiger partial charge in [0.2, 0.25) is 0 Å². The maximum absolute atomic E-state index is 11.6. The summed E-state index contributed by atoms with van der Waals surface area (Å²) in [6, 6.07) is 2.78. The second kappa shape index (κ2) is 3.10. The van der Waals surface area contributed by atoms with E-state index in [2.05, 4.69) is 18.5 Å². The van der Waals surface area contributed by atoms with E-state index in [1.165, 1.54) is 6.42 Å². The molecule has 0 aromatic rings. The Balaban J connectivity index is 2.00. The minimum Gasteiger partial charge on any atom is -0.335 e. The molecule has 14 heavy (non-hydrogen) atoms. The smallest absolute Gasteiger partial charge is 0.263 e. The molecule has 4 nitrogen and oxygen atoms in total. The number of rotatable bonds is 1. The van der Waals surface area contributed by atoms with E-state index in [1.54, 1.807) is 11.0 Å². The van der Waals surface area contributed by atoms with Crippen LogP contribution in [0.4, 0.5) is 0 Å². The summed E-state index contributed by atoms with van der Waals surface area (Å²) in [6.45, 7) is 4.93. The van der Waals surface area contributed by atoms with Crippen LogP contribution in [0, 0.1) is 11.3 Å². The van der Waals surface area contributed by atoms with Gasteiger partial charge >= 0.3 is 0 Å². The summed E-state index contributed by atoms with van der Waals surface area (Å²) in [4.78, 5) is 15.6. The zero-order chi connectivity index (χ0) is 10.3. The molecule has 0 N–H and O–H groups in total. The molecule has 2 bridgehead atoms. The lowest BCUT2D eigenvalue weighted by atomic mass is 9.88. The van der Waals surface area contributed by atoms with E-state index in [9.17, 15) is 4.79 Å². The van der Waals surface area contributed by atoms with E-state index in [0.717, 1.165) is 13.1 Å². The fourth-order valence-electron chi connectivity index (χ4n) is 2.20. The van der Waals surface area contributed by atoms with E-state index in [1.807, 2.05) is 0 Å². The summed E-state index contributed by atoms with van der Waals surface area (Å²) in [5, 5.41) is 8.56. The highest BCUT2D eigenvalue weighted by atomic mass is 16.2. The van der Waals surface area contributed by atoms with Crippen LogP contribution in [0.2, 0.25) is 0 Å². The Kier molecular flexibility index (Phi) is 2.05. The first-order chi connectivity index (χ1) is 6.63. The second-order valence-corrected chi connectivity index (χ2v) is 4.01. The Hall–Kier alpha value is -1.34. The van der Waals surface area contributed by atoms with Crippen molar-refractivity contribution in [2.24, 2.45) is 0 Å². The Morgan fingerprint density at radius 3 is 2.50 bits per heavy atom. The molecule has 4 heteroatoms. The SMILES string of the molecule is C=C(C#N)C(=O)N1CC2CC(C1)N2C. The molecule has 2 atom stereocenters. The third kappa shape index (κ3) is 1.21. The van der Waals surface area contributed by atoms with E-state index < -0.39 is 0 Å². The largest absolute Gasteiger partial charge is 0.335 e. The molecule has 3 fully saturated rings. The molecule has 3 rings (SSSR count). The van der Waals surface area contributed by atoms with Gasteiger partial charge in [-0.05, 0) is 13.5 Å². The van der Waals surface area contributed by atoms with E-state index in [4.69, 9.17) is 5.26 Å². The van der Waals surface area contributed by atoms with Crippen LogP contribution < -0.4 is 0 Å². The minimum atomic E-state index is -0.199. The van der Waals surface area contributed by atoms with Gasteiger partial charge in [-0.1, -0.05) is 6.58 Å². The lowest BCUT2D eigenvalue weighted by Crippen LogP contribution is -2.67. The number of hydrogen-bond acceptors (Lipinski definition) is 3. The van der Waals surface area contributed by atoms with Crippen LogP contribution in [0.15, 0.2) is 12.2 Å². The van der Waals surface area contributed by atoms with E-state index in [-0.39, 0.29) is 11.5 Å². The number of nitrogens with zero attached hydrogens (tertiary/aromatic N) is 3. The van der Waals surface area contributed by atoms with Gasteiger partial charge in [-0.2, -0.15) is 5.26 Å². The van der Waals surface area contributed by atoms with Gasteiger partial charge in [0.1, 0.15) is 11.6 Å². The number of fused-ring (bicyclic) bond motifs is 2. The minimum absolute atomic E-state index is 0.0500. The number of amides is 1. The van der Waals surface area contributed by atoms with Crippen LogP contribution in [-0.2, 0) is 4.79 Å². The van der Waals surface area contributed by atoms with Crippen LogP contribution in [0.25, 0.3) is 0 Å². The van der Waals surface area contributed by atoms with E-state index >= 15 is 0 Å². The van der Waals surface area contributed by atoms with Crippen molar-refractivity contribution in [3.63, 3.8) is 0 Å². The summed E-state index contributed by atoms with van der Waals surface area (Å²) in [7, 11) is 2.08. The van der Waals surface area contributed by atoms with Crippen LogP contribution in [0.1, 0.15) is 6.42 Å². The lowest BCUT2D eigenvalue weighted by molar-refractivity contribution is -0.137. The molecule has 0 spiro atoms. The summed E-state index contributed by atoms with van der Waals surface area (Å²) in [5.41, 5.74) is 0.0500. The van der Waals surface area contributed by atoms with Gasteiger partial charge < -0.3 is 4.90 Å². The molecule has 0 aromatic carbocycles. The Morgan fingerprint density at radius 1 is 1.50 bits per heavy atom. The van der Waals surface area contributed by atoms with Crippen LogP contribution in [0.3, 0.4) is 0 Å².